The summed E-state index contributed by atoms with van der Waals surface area (Å²) in [5, 5.41) is 4.18. The van der Waals surface area contributed by atoms with Gasteiger partial charge in [-0.05, 0) is 103 Å². The van der Waals surface area contributed by atoms with Gasteiger partial charge in [-0.1, -0.05) is 45.1 Å². The third-order valence-corrected chi connectivity index (χ3v) is 13.6. The summed E-state index contributed by atoms with van der Waals surface area (Å²) in [6.45, 7) is 10.8. The quantitative estimate of drug-likeness (QED) is 0.401. The minimum atomic E-state index is -0.334. The number of halogens is 1. The van der Waals surface area contributed by atoms with E-state index in [1.165, 1.54) is 66.9 Å². The van der Waals surface area contributed by atoms with Crippen LogP contribution < -0.4 is 5.32 Å². The average molecular weight is 564 g/mol. The van der Waals surface area contributed by atoms with Gasteiger partial charge in [-0.2, -0.15) is 0 Å². The van der Waals surface area contributed by atoms with Crippen LogP contribution in [0.4, 0.5) is 15.3 Å². The molecule has 40 heavy (non-hydrogen) atoms. The molecule has 10 atom stereocenters. The fourth-order valence-electron chi connectivity index (χ4n) is 10.5. The molecule has 8 rings (SSSR count). The Hall–Kier alpha value is -1.83. The monoisotopic (exact) mass is 563 g/mol. The molecule has 214 valence electrons. The van der Waals surface area contributed by atoms with Gasteiger partial charge in [0.15, 0.2) is 10.9 Å². The number of fused-ring (bicyclic) bond motifs is 9. The summed E-state index contributed by atoms with van der Waals surface area (Å²) in [6, 6.07) is 3.11. The number of nitrogens with one attached hydrogen (secondary N) is 1. The van der Waals surface area contributed by atoms with Gasteiger partial charge in [0.2, 0.25) is 0 Å². The Bertz CT molecular complexity index is 1350. The summed E-state index contributed by atoms with van der Waals surface area (Å²) in [6.07, 6.45) is 13.7. The van der Waals surface area contributed by atoms with Crippen LogP contribution in [0.1, 0.15) is 83.2 Å². The lowest BCUT2D eigenvalue weighted by Crippen LogP contribution is -2.51. The van der Waals surface area contributed by atoms with Crippen LogP contribution in [0.3, 0.4) is 0 Å². The molecule has 2 aromatic rings. The van der Waals surface area contributed by atoms with E-state index in [0.717, 1.165) is 36.4 Å². The molecule has 1 spiro atoms. The van der Waals surface area contributed by atoms with E-state index >= 15 is 0 Å². The lowest BCUT2D eigenvalue weighted by atomic mass is 9.47. The van der Waals surface area contributed by atoms with Crippen LogP contribution in [0.5, 0.6) is 0 Å². The van der Waals surface area contributed by atoms with Crippen molar-refractivity contribution in [2.75, 3.05) is 11.9 Å². The largest absolute Gasteiger partial charge is 0.349 e. The SMILES string of the molecule is CC1[C@H]2[C@H](C[C@H]3[C@@H]4CC=C5c6sc(Nc7ccc(F)cn7)nc6CC[C@]5(C)[C@H]4CC[C@@]32C)O[C@]12CC[C@@H](C)CO2. The molecule has 5 nitrogen and oxygen atoms in total. The van der Waals surface area contributed by atoms with E-state index in [4.69, 9.17) is 14.5 Å². The van der Waals surface area contributed by atoms with E-state index in [1.54, 1.807) is 17.4 Å². The second-order valence-electron chi connectivity index (χ2n) is 14.4. The third kappa shape index (κ3) is 3.56. The van der Waals surface area contributed by atoms with Crippen LogP contribution in [0.15, 0.2) is 24.4 Å². The molecule has 4 fully saturated rings. The van der Waals surface area contributed by atoms with Gasteiger partial charge in [0.1, 0.15) is 11.6 Å². The summed E-state index contributed by atoms with van der Waals surface area (Å²) >= 11 is 1.74. The smallest absolute Gasteiger partial charge is 0.189 e. The van der Waals surface area contributed by atoms with Crippen LogP contribution in [0.2, 0.25) is 0 Å². The van der Waals surface area contributed by atoms with Gasteiger partial charge in [-0.25, -0.2) is 14.4 Å². The molecule has 2 saturated carbocycles. The summed E-state index contributed by atoms with van der Waals surface area (Å²) in [5.41, 5.74) is 3.28. The van der Waals surface area contributed by atoms with Crippen molar-refractivity contribution in [3.8, 4) is 0 Å². The lowest BCUT2D eigenvalue weighted by Gasteiger charge is -2.57. The van der Waals surface area contributed by atoms with E-state index in [1.807, 2.05) is 0 Å². The van der Waals surface area contributed by atoms with Crippen LogP contribution in [0.25, 0.3) is 5.57 Å². The zero-order valence-corrected chi connectivity index (χ0v) is 25.0. The molecule has 4 heterocycles. The number of hydrogen-bond donors (Lipinski definition) is 1. The number of anilines is 2. The summed E-state index contributed by atoms with van der Waals surface area (Å²) < 4.78 is 26.8. The number of aromatic nitrogens is 2. The summed E-state index contributed by atoms with van der Waals surface area (Å²) in [7, 11) is 0. The molecule has 2 saturated heterocycles. The van der Waals surface area contributed by atoms with Crippen LogP contribution in [-0.2, 0) is 15.9 Å². The summed E-state index contributed by atoms with van der Waals surface area (Å²) in [5.74, 6) is 3.87. The predicted molar refractivity (Wildman–Crippen MR) is 156 cm³/mol. The number of aryl methyl sites for hydroxylation is 1. The number of pyridine rings is 1. The molecule has 4 aliphatic carbocycles. The van der Waals surface area contributed by atoms with Crippen molar-refractivity contribution in [3.63, 3.8) is 0 Å². The number of ether oxygens (including phenoxy) is 2. The first kappa shape index (κ1) is 25.8. The standard InChI is InChI=1S/C33H42FN3O2S/c1-18-9-14-33(38-17-18)19(2)28-26(39-33)15-24-21-6-7-23-29-25(11-13-31(23,3)22(21)10-12-32(24,28)4)36-30(40-29)37-27-8-5-20(34)16-35-27/h5,7-8,16,18-19,21-22,24,26,28H,6,9-15,17H2,1-4H3,(H,35,36,37)/t18-,19?,21-,22+,24+,26+,28+,31-,32+,33-/m1/s1. The molecule has 1 unspecified atom stereocenters. The highest BCUT2D eigenvalue weighted by atomic mass is 32.1. The second-order valence-corrected chi connectivity index (χ2v) is 15.4. The Balaban J connectivity index is 1.06. The Morgan fingerprint density at radius 1 is 1.10 bits per heavy atom. The molecule has 0 radical (unpaired) electrons. The first-order valence-electron chi connectivity index (χ1n) is 15.6. The van der Waals surface area contributed by atoms with Gasteiger partial charge in [0.25, 0.3) is 0 Å². The highest BCUT2D eigenvalue weighted by Gasteiger charge is 2.68. The minimum Gasteiger partial charge on any atom is -0.349 e. The molecular formula is C33H42FN3O2S. The van der Waals surface area contributed by atoms with Crippen molar-refractivity contribution >= 4 is 27.9 Å². The number of allylic oxidation sites excluding steroid dienone is 2. The molecule has 1 N–H and O–H groups in total. The molecular weight excluding hydrogens is 521 g/mol. The Morgan fingerprint density at radius 2 is 1.98 bits per heavy atom. The first-order chi connectivity index (χ1) is 19.2. The van der Waals surface area contributed by atoms with Crippen LogP contribution in [-0.4, -0.2) is 28.5 Å². The van der Waals surface area contributed by atoms with Gasteiger partial charge in [-0.15, -0.1) is 0 Å². The van der Waals surface area contributed by atoms with Crippen molar-refractivity contribution in [1.29, 1.82) is 0 Å². The van der Waals surface area contributed by atoms with Crippen molar-refractivity contribution in [2.24, 2.45) is 46.3 Å². The molecule has 0 aromatic carbocycles. The van der Waals surface area contributed by atoms with Crippen LogP contribution >= 0.6 is 11.3 Å². The number of nitrogens with zero attached hydrogens (tertiary/aromatic N) is 2. The van der Waals surface area contributed by atoms with Gasteiger partial charge in [0.05, 0.1) is 29.5 Å². The van der Waals surface area contributed by atoms with Crippen LogP contribution in [0, 0.1) is 52.2 Å². The zero-order chi connectivity index (χ0) is 27.4. The zero-order valence-electron chi connectivity index (χ0n) is 24.2. The van der Waals surface area contributed by atoms with Gasteiger partial charge in [-0.3, -0.25) is 0 Å². The Kier molecular flexibility index (Phi) is 5.71. The summed E-state index contributed by atoms with van der Waals surface area (Å²) in [4.78, 5) is 10.5. The maximum Gasteiger partial charge on any atom is 0.189 e. The van der Waals surface area contributed by atoms with Crippen molar-refractivity contribution in [3.05, 3.63) is 40.8 Å². The molecule has 6 aliphatic rings. The first-order valence-corrected chi connectivity index (χ1v) is 16.4. The maximum atomic E-state index is 13.3. The predicted octanol–water partition coefficient (Wildman–Crippen LogP) is 8.01. The van der Waals surface area contributed by atoms with Gasteiger partial charge in [0, 0.05) is 12.3 Å². The third-order valence-electron chi connectivity index (χ3n) is 12.5. The van der Waals surface area contributed by atoms with E-state index in [2.05, 4.69) is 44.1 Å². The van der Waals surface area contributed by atoms with E-state index in [0.29, 0.717) is 41.0 Å². The number of rotatable bonds is 2. The van der Waals surface area contributed by atoms with E-state index in [9.17, 15) is 4.39 Å². The number of thiazole rings is 1. The highest BCUT2D eigenvalue weighted by molar-refractivity contribution is 7.16. The topological polar surface area (TPSA) is 56.3 Å². The van der Waals surface area contributed by atoms with E-state index < -0.39 is 0 Å². The highest BCUT2D eigenvalue weighted by Crippen LogP contribution is 2.71. The van der Waals surface area contributed by atoms with Crippen molar-refractivity contribution < 1.29 is 13.9 Å². The van der Waals surface area contributed by atoms with E-state index in [-0.39, 0.29) is 17.0 Å². The molecule has 0 bridgehead atoms. The molecule has 7 heteroatoms. The van der Waals surface area contributed by atoms with Crippen molar-refractivity contribution in [2.45, 2.75) is 91.0 Å². The maximum absolute atomic E-state index is 13.3. The van der Waals surface area contributed by atoms with Gasteiger partial charge >= 0.3 is 0 Å². The average Bonchev–Trinajstić information content (AvgIpc) is 3.56. The van der Waals surface area contributed by atoms with Gasteiger partial charge < -0.3 is 14.8 Å². The Labute approximate surface area is 241 Å². The second kappa shape index (κ2) is 8.84. The lowest BCUT2D eigenvalue weighted by molar-refractivity contribution is -0.272. The molecule has 0 amide bonds. The molecule has 2 aliphatic heterocycles. The number of hydrogen-bond acceptors (Lipinski definition) is 6. The normalized spacial score (nSPS) is 45.2. The molecule has 2 aromatic heterocycles. The fourth-order valence-corrected chi connectivity index (χ4v) is 11.7. The fraction of sp³-hybridized carbons (Fsp3) is 0.697. The Morgan fingerprint density at radius 3 is 2.75 bits per heavy atom. The minimum absolute atomic E-state index is 0.198. The van der Waals surface area contributed by atoms with Crippen molar-refractivity contribution in [1.82, 2.24) is 9.97 Å².